The van der Waals surface area contributed by atoms with E-state index < -0.39 is 0 Å². The van der Waals surface area contributed by atoms with Crippen molar-refractivity contribution < 1.29 is 9.53 Å². The van der Waals surface area contributed by atoms with Gasteiger partial charge in [0.05, 0.1) is 22.7 Å². The van der Waals surface area contributed by atoms with Crippen LogP contribution in [0.25, 0.3) is 0 Å². The van der Waals surface area contributed by atoms with Crippen molar-refractivity contribution in [1.29, 1.82) is 0 Å². The molecule has 1 aliphatic carbocycles. The van der Waals surface area contributed by atoms with Crippen molar-refractivity contribution in [3.63, 3.8) is 0 Å². The van der Waals surface area contributed by atoms with Crippen LogP contribution in [-0.4, -0.2) is 25.6 Å². The molecule has 1 unspecified atom stereocenters. The molecule has 1 fully saturated rings. The maximum atomic E-state index is 12.1. The number of carbonyl (C=O) groups is 1. The molecule has 1 aliphatic rings. The topological polar surface area (TPSA) is 64.3 Å². The van der Waals surface area contributed by atoms with E-state index >= 15 is 0 Å². The average molecular weight is 340 g/mol. The van der Waals surface area contributed by atoms with Crippen molar-refractivity contribution in [3.05, 3.63) is 27.7 Å². The summed E-state index contributed by atoms with van der Waals surface area (Å²) >= 11 is 11.8. The summed E-state index contributed by atoms with van der Waals surface area (Å²) in [5.74, 6) is 0.675. The zero-order valence-corrected chi connectivity index (χ0v) is 13.3. The lowest BCUT2D eigenvalue weighted by Gasteiger charge is -2.14. The average Bonchev–Trinajstić information content (AvgIpc) is 3.22. The minimum atomic E-state index is -0.258. The Balaban J connectivity index is 0.00000200. The Kier molecular flexibility index (Phi) is 6.40. The van der Waals surface area contributed by atoms with Gasteiger partial charge in [-0.05, 0) is 24.8 Å². The SMILES string of the molecule is COc1cc(Cl)c(Cl)cc1C(=O)NCC(N)C1CC1.Cl. The molecule has 0 aliphatic heterocycles. The molecule has 3 N–H and O–H groups in total. The van der Waals surface area contributed by atoms with Crippen LogP contribution in [0.3, 0.4) is 0 Å². The normalized spacial score (nSPS) is 15.2. The van der Waals surface area contributed by atoms with Crippen LogP contribution in [0.2, 0.25) is 10.0 Å². The molecule has 112 valence electrons. The summed E-state index contributed by atoms with van der Waals surface area (Å²) in [5, 5.41) is 3.47. The molecule has 1 aromatic rings. The van der Waals surface area contributed by atoms with Crippen molar-refractivity contribution >= 4 is 41.5 Å². The number of amides is 1. The zero-order chi connectivity index (χ0) is 14.0. The summed E-state index contributed by atoms with van der Waals surface area (Å²) in [4.78, 5) is 12.1. The Hall–Kier alpha value is -0.680. The van der Waals surface area contributed by atoms with Gasteiger partial charge in [0, 0.05) is 18.7 Å². The van der Waals surface area contributed by atoms with E-state index in [1.54, 1.807) is 0 Å². The van der Waals surface area contributed by atoms with E-state index in [0.29, 0.717) is 33.8 Å². The van der Waals surface area contributed by atoms with E-state index in [4.69, 9.17) is 33.7 Å². The highest BCUT2D eigenvalue weighted by molar-refractivity contribution is 6.42. The van der Waals surface area contributed by atoms with Gasteiger partial charge in [-0.25, -0.2) is 0 Å². The number of methoxy groups -OCH3 is 1. The first kappa shape index (κ1) is 17.4. The smallest absolute Gasteiger partial charge is 0.255 e. The second kappa shape index (κ2) is 7.36. The summed E-state index contributed by atoms with van der Waals surface area (Å²) in [5.41, 5.74) is 6.30. The number of carbonyl (C=O) groups excluding carboxylic acids is 1. The van der Waals surface area contributed by atoms with E-state index in [0.717, 1.165) is 12.8 Å². The molecular weight excluding hydrogens is 323 g/mol. The van der Waals surface area contributed by atoms with Gasteiger partial charge < -0.3 is 15.8 Å². The predicted molar refractivity (Wildman–Crippen MR) is 83.3 cm³/mol. The molecule has 0 spiro atoms. The monoisotopic (exact) mass is 338 g/mol. The van der Waals surface area contributed by atoms with Gasteiger partial charge >= 0.3 is 0 Å². The number of nitrogens with two attached hydrogens (primary N) is 1. The van der Waals surface area contributed by atoms with Crippen molar-refractivity contribution in [3.8, 4) is 5.75 Å². The molecule has 0 heterocycles. The van der Waals surface area contributed by atoms with Crippen molar-refractivity contribution in [2.24, 2.45) is 11.7 Å². The van der Waals surface area contributed by atoms with E-state index in [1.807, 2.05) is 0 Å². The van der Waals surface area contributed by atoms with Crippen LogP contribution in [0.5, 0.6) is 5.75 Å². The number of benzene rings is 1. The van der Waals surface area contributed by atoms with E-state index in [9.17, 15) is 4.79 Å². The summed E-state index contributed by atoms with van der Waals surface area (Å²) < 4.78 is 5.13. The van der Waals surface area contributed by atoms with Gasteiger partial charge in [-0.3, -0.25) is 4.79 Å². The van der Waals surface area contributed by atoms with Crippen LogP contribution >= 0.6 is 35.6 Å². The highest BCUT2D eigenvalue weighted by Crippen LogP contribution is 2.32. The quantitative estimate of drug-likeness (QED) is 0.867. The maximum absolute atomic E-state index is 12.1. The fourth-order valence-electron chi connectivity index (χ4n) is 1.87. The molecule has 0 bridgehead atoms. The maximum Gasteiger partial charge on any atom is 0.255 e. The molecular formula is C13H17Cl3N2O2. The van der Waals surface area contributed by atoms with Crippen LogP contribution in [0.1, 0.15) is 23.2 Å². The predicted octanol–water partition coefficient (Wildman–Crippen LogP) is 2.89. The number of ether oxygens (including phenoxy) is 1. The lowest BCUT2D eigenvalue weighted by molar-refractivity contribution is 0.0947. The highest BCUT2D eigenvalue weighted by atomic mass is 35.5. The fraction of sp³-hybridized carbons (Fsp3) is 0.462. The van der Waals surface area contributed by atoms with Gasteiger partial charge in [0.2, 0.25) is 0 Å². The number of halogens is 3. The Morgan fingerprint density at radius 3 is 2.60 bits per heavy atom. The van der Waals surface area contributed by atoms with Crippen LogP contribution < -0.4 is 15.8 Å². The third-order valence-corrected chi connectivity index (χ3v) is 3.94. The zero-order valence-electron chi connectivity index (χ0n) is 11.0. The first-order chi connectivity index (χ1) is 9.02. The minimum absolute atomic E-state index is 0. The first-order valence-electron chi connectivity index (χ1n) is 6.09. The number of nitrogens with one attached hydrogen (secondary N) is 1. The van der Waals surface area contributed by atoms with Crippen LogP contribution in [0.15, 0.2) is 12.1 Å². The van der Waals surface area contributed by atoms with Gasteiger partial charge in [-0.1, -0.05) is 23.2 Å². The summed E-state index contributed by atoms with van der Waals surface area (Å²) in [6.45, 7) is 0.451. The van der Waals surface area contributed by atoms with Gasteiger partial charge in [0.15, 0.2) is 0 Å². The highest BCUT2D eigenvalue weighted by Gasteiger charge is 2.28. The van der Waals surface area contributed by atoms with E-state index in [-0.39, 0.29) is 24.4 Å². The van der Waals surface area contributed by atoms with E-state index in [2.05, 4.69) is 5.32 Å². The minimum Gasteiger partial charge on any atom is -0.496 e. The number of rotatable bonds is 5. The van der Waals surface area contributed by atoms with Crippen molar-refractivity contribution in [1.82, 2.24) is 5.32 Å². The largest absolute Gasteiger partial charge is 0.496 e. The lowest BCUT2D eigenvalue weighted by atomic mass is 10.1. The van der Waals surface area contributed by atoms with Crippen LogP contribution in [0, 0.1) is 5.92 Å². The Labute approximate surface area is 134 Å². The number of hydrogen-bond acceptors (Lipinski definition) is 3. The van der Waals surface area contributed by atoms with Gasteiger partial charge in [0.1, 0.15) is 5.75 Å². The molecule has 2 rings (SSSR count). The molecule has 1 amide bonds. The fourth-order valence-corrected chi connectivity index (χ4v) is 2.19. The van der Waals surface area contributed by atoms with Crippen molar-refractivity contribution in [2.75, 3.05) is 13.7 Å². The van der Waals surface area contributed by atoms with Crippen LogP contribution in [0.4, 0.5) is 0 Å². The number of hydrogen-bond donors (Lipinski definition) is 2. The third-order valence-electron chi connectivity index (χ3n) is 3.21. The molecule has 0 radical (unpaired) electrons. The second-order valence-corrected chi connectivity index (χ2v) is 5.49. The van der Waals surface area contributed by atoms with Crippen LogP contribution in [-0.2, 0) is 0 Å². The summed E-state index contributed by atoms with van der Waals surface area (Å²) in [6, 6.07) is 3.04. The van der Waals surface area contributed by atoms with Gasteiger partial charge in [-0.15, -0.1) is 12.4 Å². The molecule has 0 aromatic heterocycles. The van der Waals surface area contributed by atoms with E-state index in [1.165, 1.54) is 19.2 Å². The molecule has 1 saturated carbocycles. The third kappa shape index (κ3) is 4.16. The molecule has 0 saturated heterocycles. The van der Waals surface area contributed by atoms with Gasteiger partial charge in [-0.2, -0.15) is 0 Å². The molecule has 1 aromatic carbocycles. The second-order valence-electron chi connectivity index (χ2n) is 4.68. The summed E-state index contributed by atoms with van der Waals surface area (Å²) in [7, 11) is 1.48. The lowest BCUT2D eigenvalue weighted by Crippen LogP contribution is -2.38. The Bertz CT molecular complexity index is 493. The molecule has 20 heavy (non-hydrogen) atoms. The molecule has 7 heteroatoms. The molecule has 4 nitrogen and oxygen atoms in total. The first-order valence-corrected chi connectivity index (χ1v) is 6.85. The van der Waals surface area contributed by atoms with Gasteiger partial charge in [0.25, 0.3) is 5.91 Å². The summed E-state index contributed by atoms with van der Waals surface area (Å²) in [6.07, 6.45) is 2.29. The van der Waals surface area contributed by atoms with Crippen molar-refractivity contribution in [2.45, 2.75) is 18.9 Å². The Morgan fingerprint density at radius 2 is 2.05 bits per heavy atom. The Morgan fingerprint density at radius 1 is 1.45 bits per heavy atom. The molecule has 1 atom stereocenters. The standard InChI is InChI=1S/C13H16Cl2N2O2.ClH/c1-19-12-5-10(15)9(14)4-8(12)13(18)17-6-11(16)7-2-3-7;/h4-5,7,11H,2-3,6,16H2,1H3,(H,17,18);1H.